The average molecular weight is 494 g/mol. The van der Waals surface area contributed by atoms with E-state index in [4.69, 9.17) is 4.74 Å². The topological polar surface area (TPSA) is 96.0 Å². The maximum Gasteiger partial charge on any atom is 0.264 e. The lowest BCUT2D eigenvalue weighted by Crippen LogP contribution is -2.41. The fraction of sp³-hybridized carbons (Fsp3) is 0.231. The van der Waals surface area contributed by atoms with Crippen LogP contribution in [0.1, 0.15) is 26.3 Å². The number of benzene rings is 3. The highest BCUT2D eigenvalue weighted by Gasteiger charge is 2.26. The summed E-state index contributed by atoms with van der Waals surface area (Å²) in [4.78, 5) is 28.2. The Kier molecular flexibility index (Phi) is 7.18. The van der Waals surface area contributed by atoms with Crippen LogP contribution in [0.25, 0.3) is 0 Å². The van der Waals surface area contributed by atoms with Gasteiger partial charge in [0.25, 0.3) is 21.8 Å². The third-order valence-corrected chi connectivity index (χ3v) is 7.66. The molecular weight excluding hydrogens is 466 g/mol. The van der Waals surface area contributed by atoms with E-state index >= 15 is 0 Å². The van der Waals surface area contributed by atoms with Crippen molar-refractivity contribution in [2.75, 3.05) is 43.0 Å². The molecule has 0 aromatic heterocycles. The second-order valence-corrected chi connectivity index (χ2v) is 10.2. The number of nitrogens with zero attached hydrogens (tertiary/aromatic N) is 2. The van der Waals surface area contributed by atoms with Crippen LogP contribution >= 0.6 is 0 Å². The zero-order valence-corrected chi connectivity index (χ0v) is 20.4. The van der Waals surface area contributed by atoms with Gasteiger partial charge in [-0.15, -0.1) is 0 Å². The average Bonchev–Trinajstić information content (AvgIpc) is 2.89. The molecule has 2 amide bonds. The predicted molar refractivity (Wildman–Crippen MR) is 134 cm³/mol. The van der Waals surface area contributed by atoms with E-state index in [1.165, 1.54) is 19.2 Å². The first-order chi connectivity index (χ1) is 16.8. The molecule has 0 bridgehead atoms. The number of aryl methyl sites for hydroxylation is 1. The Labute approximate surface area is 205 Å². The second kappa shape index (κ2) is 10.3. The Morgan fingerprint density at radius 3 is 2.17 bits per heavy atom. The van der Waals surface area contributed by atoms with E-state index in [0.29, 0.717) is 37.6 Å². The van der Waals surface area contributed by atoms with E-state index < -0.39 is 15.9 Å². The maximum atomic E-state index is 13.3. The molecule has 9 heteroatoms. The van der Waals surface area contributed by atoms with Gasteiger partial charge >= 0.3 is 0 Å². The molecule has 3 aromatic carbocycles. The van der Waals surface area contributed by atoms with E-state index in [9.17, 15) is 18.0 Å². The summed E-state index contributed by atoms with van der Waals surface area (Å²) in [5.41, 5.74) is 2.05. The first-order valence-corrected chi connectivity index (χ1v) is 12.6. The number of ether oxygens (including phenoxy) is 1. The molecule has 182 valence electrons. The fourth-order valence-electron chi connectivity index (χ4n) is 3.84. The summed E-state index contributed by atoms with van der Waals surface area (Å²) >= 11 is 0. The third-order valence-electron chi connectivity index (χ3n) is 5.87. The molecule has 0 aliphatic carbocycles. The highest BCUT2D eigenvalue weighted by Crippen LogP contribution is 2.27. The Bertz CT molecular complexity index is 1330. The Morgan fingerprint density at radius 2 is 1.49 bits per heavy atom. The standard InChI is InChI=1S/C26H27N3O5S/c1-19-11-13-20(14-12-19)35(32,33)28(2)24-10-6-4-8-22(24)25(30)27-23-9-5-3-7-21(23)26(31)29-15-17-34-18-16-29/h3-14H,15-18H2,1-2H3,(H,27,30). The molecule has 3 aromatic rings. The van der Waals surface area contributed by atoms with Crippen LogP contribution in [-0.2, 0) is 14.8 Å². The molecule has 35 heavy (non-hydrogen) atoms. The summed E-state index contributed by atoms with van der Waals surface area (Å²) in [5, 5.41) is 2.80. The van der Waals surface area contributed by atoms with Crippen LogP contribution in [0.15, 0.2) is 77.7 Å². The summed E-state index contributed by atoms with van der Waals surface area (Å²) in [6.45, 7) is 3.77. The molecule has 1 aliphatic heterocycles. The molecule has 4 rings (SSSR count). The van der Waals surface area contributed by atoms with Crippen LogP contribution < -0.4 is 9.62 Å². The fourth-order valence-corrected chi connectivity index (χ4v) is 5.06. The van der Waals surface area contributed by atoms with E-state index in [0.717, 1.165) is 9.87 Å². The molecule has 0 atom stereocenters. The minimum Gasteiger partial charge on any atom is -0.378 e. The van der Waals surface area contributed by atoms with Gasteiger partial charge in [0.1, 0.15) is 0 Å². The summed E-state index contributed by atoms with van der Waals surface area (Å²) in [7, 11) is -2.48. The van der Waals surface area contributed by atoms with Crippen LogP contribution in [0.4, 0.5) is 11.4 Å². The van der Waals surface area contributed by atoms with E-state index in [-0.39, 0.29) is 22.1 Å². The van der Waals surface area contributed by atoms with Crippen molar-refractivity contribution in [2.24, 2.45) is 0 Å². The van der Waals surface area contributed by atoms with Gasteiger partial charge in [0.15, 0.2) is 0 Å². The molecule has 0 spiro atoms. The van der Waals surface area contributed by atoms with Gasteiger partial charge < -0.3 is 15.0 Å². The molecule has 1 aliphatic rings. The van der Waals surface area contributed by atoms with Crippen LogP contribution in [-0.4, -0.2) is 58.5 Å². The van der Waals surface area contributed by atoms with Crippen LogP contribution in [0.2, 0.25) is 0 Å². The minimum atomic E-state index is -3.89. The minimum absolute atomic E-state index is 0.127. The molecule has 0 radical (unpaired) electrons. The van der Waals surface area contributed by atoms with Gasteiger partial charge in [-0.05, 0) is 43.3 Å². The smallest absolute Gasteiger partial charge is 0.264 e. The lowest BCUT2D eigenvalue weighted by atomic mass is 10.1. The largest absolute Gasteiger partial charge is 0.378 e. The van der Waals surface area contributed by atoms with Gasteiger partial charge in [0.05, 0.1) is 40.6 Å². The number of carbonyl (C=O) groups excluding carboxylic acids is 2. The summed E-state index contributed by atoms with van der Waals surface area (Å²) in [6.07, 6.45) is 0. The number of amides is 2. The molecule has 0 saturated carbocycles. The van der Waals surface area contributed by atoms with Crippen molar-refractivity contribution in [3.05, 3.63) is 89.5 Å². The lowest BCUT2D eigenvalue weighted by molar-refractivity contribution is 0.0303. The first-order valence-electron chi connectivity index (χ1n) is 11.2. The van der Waals surface area contributed by atoms with Crippen molar-refractivity contribution in [3.63, 3.8) is 0 Å². The highest BCUT2D eigenvalue weighted by molar-refractivity contribution is 7.92. The normalized spacial score (nSPS) is 13.8. The first kappa shape index (κ1) is 24.4. The molecule has 1 fully saturated rings. The molecular formula is C26H27N3O5S. The number of anilines is 2. The number of para-hydroxylation sites is 2. The second-order valence-electron chi connectivity index (χ2n) is 8.21. The molecule has 8 nitrogen and oxygen atoms in total. The number of hydrogen-bond donors (Lipinski definition) is 1. The molecule has 1 saturated heterocycles. The van der Waals surface area contributed by atoms with Crippen molar-refractivity contribution in [1.29, 1.82) is 0 Å². The van der Waals surface area contributed by atoms with E-state index in [2.05, 4.69) is 5.32 Å². The van der Waals surface area contributed by atoms with Gasteiger partial charge in [-0.2, -0.15) is 0 Å². The Balaban J connectivity index is 1.62. The van der Waals surface area contributed by atoms with Crippen LogP contribution in [0, 0.1) is 6.92 Å². The van der Waals surface area contributed by atoms with Gasteiger partial charge in [0.2, 0.25) is 0 Å². The summed E-state index contributed by atoms with van der Waals surface area (Å²) < 4.78 is 32.9. The number of hydrogen-bond acceptors (Lipinski definition) is 5. The van der Waals surface area contributed by atoms with E-state index in [1.807, 2.05) is 6.92 Å². The third kappa shape index (κ3) is 5.21. The molecule has 1 N–H and O–H groups in total. The molecule has 1 heterocycles. The SMILES string of the molecule is Cc1ccc(S(=O)(=O)N(C)c2ccccc2C(=O)Nc2ccccc2C(=O)N2CCOCC2)cc1. The monoisotopic (exact) mass is 493 g/mol. The lowest BCUT2D eigenvalue weighted by Gasteiger charge is -2.27. The van der Waals surface area contributed by atoms with Gasteiger partial charge in [-0.25, -0.2) is 8.42 Å². The quantitative estimate of drug-likeness (QED) is 0.567. The Morgan fingerprint density at radius 1 is 0.886 bits per heavy atom. The van der Waals surface area contributed by atoms with Crippen molar-refractivity contribution < 1.29 is 22.7 Å². The number of morpholine rings is 1. The summed E-state index contributed by atoms with van der Waals surface area (Å²) in [5.74, 6) is -0.717. The van der Waals surface area contributed by atoms with Gasteiger partial charge in [-0.1, -0.05) is 42.0 Å². The number of rotatable bonds is 6. The van der Waals surface area contributed by atoms with Crippen molar-refractivity contribution in [3.8, 4) is 0 Å². The number of sulfonamides is 1. The number of nitrogens with one attached hydrogen (secondary N) is 1. The van der Waals surface area contributed by atoms with Crippen molar-refractivity contribution in [1.82, 2.24) is 4.90 Å². The summed E-state index contributed by atoms with van der Waals surface area (Å²) in [6, 6.07) is 19.8. The Hall–Kier alpha value is -3.69. The maximum absolute atomic E-state index is 13.3. The molecule has 0 unspecified atom stereocenters. The van der Waals surface area contributed by atoms with Gasteiger partial charge in [0, 0.05) is 20.1 Å². The predicted octanol–water partition coefficient (Wildman–Crippen LogP) is 3.54. The zero-order valence-electron chi connectivity index (χ0n) is 19.6. The van der Waals surface area contributed by atoms with Crippen LogP contribution in [0.5, 0.6) is 0 Å². The number of carbonyl (C=O) groups is 2. The van der Waals surface area contributed by atoms with Crippen LogP contribution in [0.3, 0.4) is 0 Å². The highest BCUT2D eigenvalue weighted by atomic mass is 32.2. The van der Waals surface area contributed by atoms with Crippen molar-refractivity contribution in [2.45, 2.75) is 11.8 Å². The van der Waals surface area contributed by atoms with E-state index in [1.54, 1.807) is 65.6 Å². The van der Waals surface area contributed by atoms with Gasteiger partial charge in [-0.3, -0.25) is 13.9 Å². The zero-order chi connectivity index (χ0) is 25.0. The van der Waals surface area contributed by atoms with Crippen molar-refractivity contribution >= 4 is 33.2 Å².